The fourth-order valence-electron chi connectivity index (χ4n) is 4.97. The molecular formula is C16H37B8FO4P2. The third-order valence-electron chi connectivity index (χ3n) is 9.65. The molecule has 1 saturated carbocycles. The van der Waals surface area contributed by atoms with Crippen LogP contribution in [0.3, 0.4) is 0 Å². The summed E-state index contributed by atoms with van der Waals surface area (Å²) < 4.78 is 27.5. The van der Waals surface area contributed by atoms with Gasteiger partial charge in [0.1, 0.15) is 60.3 Å². The van der Waals surface area contributed by atoms with Crippen molar-refractivity contribution in [3.8, 4) is 0 Å². The molecule has 0 spiro atoms. The summed E-state index contributed by atoms with van der Waals surface area (Å²) in [5.41, 5.74) is -1.91. The standard InChI is InChI=1S/C16H37B8FO4P2/c1-7(10(2,3)4)8(26)28-5-6-29-9(27)11(17)12(18,19)14(22,25)16(24,31)15(23,30)13(11,20)21/h7H,5-6,17-24,30-31H2,1-4H3. The molecule has 0 aliphatic heterocycles. The number of carbonyl (C=O) groups is 2. The lowest BCUT2D eigenvalue weighted by atomic mass is 9.10. The van der Waals surface area contributed by atoms with E-state index in [4.69, 9.17) is 9.47 Å². The number of esters is 2. The van der Waals surface area contributed by atoms with Crippen LogP contribution >= 0.6 is 18.5 Å². The lowest BCUT2D eigenvalue weighted by molar-refractivity contribution is -0.160. The fourth-order valence-corrected chi connectivity index (χ4v) is 6.25. The van der Waals surface area contributed by atoms with Gasteiger partial charge in [0.25, 0.3) is 0 Å². The molecule has 31 heavy (non-hydrogen) atoms. The molecule has 15 heteroatoms. The smallest absolute Gasteiger partial charge is 0.309 e. The zero-order valence-electron chi connectivity index (χ0n) is 21.7. The maximum Gasteiger partial charge on any atom is 0.309 e. The summed E-state index contributed by atoms with van der Waals surface area (Å²) in [6.07, 6.45) is 0. The van der Waals surface area contributed by atoms with Gasteiger partial charge in [0, 0.05) is 5.31 Å². The summed E-state index contributed by atoms with van der Waals surface area (Å²) in [6, 6.07) is 0. The van der Waals surface area contributed by atoms with Crippen molar-refractivity contribution >= 4 is 93.2 Å². The Hall–Kier alpha value is 0.249. The number of hydrogen-bond acceptors (Lipinski definition) is 4. The Bertz CT molecular complexity index is 710. The minimum atomic E-state index is -1.70. The lowest BCUT2D eigenvalue weighted by Gasteiger charge is -2.75. The van der Waals surface area contributed by atoms with Gasteiger partial charge in [0.2, 0.25) is 0 Å². The third-order valence-corrected chi connectivity index (χ3v) is 12.4. The van der Waals surface area contributed by atoms with Gasteiger partial charge in [-0.2, -0.15) is 0 Å². The summed E-state index contributed by atoms with van der Waals surface area (Å²) in [5, 5.41) is -4.25. The number of hydrogen-bond donors (Lipinski definition) is 0. The van der Waals surface area contributed by atoms with Crippen LogP contribution in [0, 0.1) is 11.3 Å². The van der Waals surface area contributed by atoms with Gasteiger partial charge in [-0.05, 0) is 15.5 Å². The molecule has 0 aromatic rings. The number of rotatable bonds is 5. The molecule has 7 unspecified atom stereocenters. The fraction of sp³-hybridized carbons (Fsp3) is 0.875. The molecule has 0 heterocycles. The molecule has 0 bridgehead atoms. The van der Waals surface area contributed by atoms with E-state index in [0.29, 0.717) is 0 Å². The Morgan fingerprint density at radius 1 is 0.871 bits per heavy atom. The van der Waals surface area contributed by atoms with Gasteiger partial charge < -0.3 is 9.47 Å². The van der Waals surface area contributed by atoms with E-state index in [9.17, 15) is 9.59 Å². The molecule has 0 amide bonds. The lowest BCUT2D eigenvalue weighted by Crippen LogP contribution is -2.79. The van der Waals surface area contributed by atoms with Crippen molar-refractivity contribution in [3.05, 3.63) is 0 Å². The van der Waals surface area contributed by atoms with Crippen molar-refractivity contribution in [1.82, 2.24) is 0 Å². The van der Waals surface area contributed by atoms with Crippen molar-refractivity contribution < 1.29 is 23.5 Å². The highest BCUT2D eigenvalue weighted by Crippen LogP contribution is 2.77. The largest absolute Gasteiger partial charge is 0.462 e. The van der Waals surface area contributed by atoms with E-state index >= 15 is 4.39 Å². The van der Waals surface area contributed by atoms with E-state index in [0.717, 1.165) is 0 Å². The molecule has 0 aromatic carbocycles. The minimum Gasteiger partial charge on any atom is -0.462 e. The minimum absolute atomic E-state index is 0.0195. The highest BCUT2D eigenvalue weighted by molar-refractivity contribution is 7.31. The molecule has 1 rings (SSSR count). The van der Waals surface area contributed by atoms with Gasteiger partial charge >= 0.3 is 11.9 Å². The zero-order chi connectivity index (χ0) is 25.1. The van der Waals surface area contributed by atoms with Crippen LogP contribution < -0.4 is 0 Å². The van der Waals surface area contributed by atoms with Crippen LogP contribution in [0.15, 0.2) is 0 Å². The average Bonchev–Trinajstić information content (AvgIpc) is 2.60. The number of ether oxygens (including phenoxy) is 2. The van der Waals surface area contributed by atoms with Crippen LogP contribution in [-0.4, -0.2) is 104 Å². The number of halogens is 1. The van der Waals surface area contributed by atoms with Gasteiger partial charge in [0.05, 0.1) is 27.2 Å². The first-order valence-corrected chi connectivity index (χ1v) is 12.2. The van der Waals surface area contributed by atoms with E-state index in [-0.39, 0.29) is 30.5 Å². The van der Waals surface area contributed by atoms with Crippen LogP contribution in [0.4, 0.5) is 4.39 Å². The first-order valence-electron chi connectivity index (χ1n) is 11.1. The molecule has 1 fully saturated rings. The van der Waals surface area contributed by atoms with Crippen molar-refractivity contribution in [2.24, 2.45) is 11.3 Å². The number of alkyl halides is 1. The Morgan fingerprint density at radius 2 is 1.29 bits per heavy atom. The second-order valence-corrected chi connectivity index (χ2v) is 14.5. The summed E-state index contributed by atoms with van der Waals surface area (Å²) >= 11 is 0. The van der Waals surface area contributed by atoms with Crippen LogP contribution in [0.2, 0.25) is 15.7 Å². The molecule has 166 valence electrons. The Labute approximate surface area is 200 Å². The van der Waals surface area contributed by atoms with E-state index in [1.165, 1.54) is 0 Å². The topological polar surface area (TPSA) is 52.6 Å². The second kappa shape index (κ2) is 8.48. The second-order valence-electron chi connectivity index (χ2n) is 12.2. The molecular weight excluding hydrogens is 424 g/mol. The van der Waals surface area contributed by atoms with Crippen molar-refractivity contribution in [3.63, 3.8) is 0 Å². The molecule has 1 aliphatic rings. The van der Waals surface area contributed by atoms with Crippen LogP contribution in [-0.2, 0) is 19.1 Å². The van der Waals surface area contributed by atoms with Gasteiger partial charge in [-0.3, -0.25) is 14.0 Å². The van der Waals surface area contributed by atoms with Gasteiger partial charge in [-0.1, -0.05) is 38.1 Å². The molecule has 0 aromatic heterocycles. The van der Waals surface area contributed by atoms with Crippen LogP contribution in [0.1, 0.15) is 27.7 Å². The predicted molar refractivity (Wildman–Crippen MR) is 156 cm³/mol. The van der Waals surface area contributed by atoms with E-state index in [1.807, 2.05) is 82.6 Å². The quantitative estimate of drug-likeness (QED) is 0.178. The first kappa shape index (κ1) is 29.3. The van der Waals surface area contributed by atoms with E-state index < -0.39 is 37.4 Å². The van der Waals surface area contributed by atoms with Gasteiger partial charge in [-0.15, -0.1) is 18.5 Å². The van der Waals surface area contributed by atoms with Crippen molar-refractivity contribution in [2.75, 3.05) is 13.2 Å². The summed E-state index contributed by atoms with van der Waals surface area (Å²) in [5.74, 6) is -1.07. The van der Waals surface area contributed by atoms with Gasteiger partial charge in [-0.25, -0.2) is 0 Å². The van der Waals surface area contributed by atoms with Crippen molar-refractivity contribution in [1.29, 1.82) is 0 Å². The normalized spacial score (nSPS) is 38.0. The summed E-state index contributed by atoms with van der Waals surface area (Å²) in [7, 11) is 20.4. The van der Waals surface area contributed by atoms with E-state index in [2.05, 4.69) is 18.5 Å². The predicted octanol–water partition coefficient (Wildman–Crippen LogP) is -4.97. The average molecular weight is 461 g/mol. The van der Waals surface area contributed by atoms with Crippen molar-refractivity contribution in [2.45, 2.75) is 59.1 Å². The Balaban J connectivity index is 3.13. The van der Waals surface area contributed by atoms with Crippen LogP contribution in [0.5, 0.6) is 0 Å². The molecule has 0 saturated heterocycles. The molecule has 1 aliphatic carbocycles. The molecule has 4 nitrogen and oxygen atoms in total. The molecule has 7 atom stereocenters. The summed E-state index contributed by atoms with van der Waals surface area (Å²) in [4.78, 5) is 25.8. The highest BCUT2D eigenvalue weighted by Gasteiger charge is 2.76. The number of carbonyl (C=O) groups excluding carboxylic acids is 2. The molecule has 0 radical (unpaired) electrons. The Kier molecular flexibility index (Phi) is 8.01. The van der Waals surface area contributed by atoms with Gasteiger partial charge in [0.15, 0.2) is 0 Å². The van der Waals surface area contributed by atoms with Crippen LogP contribution in [0.25, 0.3) is 0 Å². The van der Waals surface area contributed by atoms with E-state index in [1.54, 1.807) is 7.85 Å². The SMILES string of the molecule is BC1(B)C(B)(F)C(B)(P)C(B)(P)C(B)(B)C1(B)C(=O)OCCOC(=O)C(C)C(C)(C)C. The first-order chi connectivity index (χ1) is 13.5. The maximum atomic E-state index is 16.5. The molecule has 0 N–H and O–H groups in total. The Morgan fingerprint density at radius 3 is 1.71 bits per heavy atom. The monoisotopic (exact) mass is 462 g/mol. The maximum absolute atomic E-state index is 16.5. The summed E-state index contributed by atoms with van der Waals surface area (Å²) in [6.45, 7) is 7.66. The third kappa shape index (κ3) is 4.05. The highest BCUT2D eigenvalue weighted by atomic mass is 31.0. The zero-order valence-corrected chi connectivity index (χ0v) is 24.0.